The van der Waals surface area contributed by atoms with Crippen LogP contribution in [0, 0.1) is 6.92 Å². The summed E-state index contributed by atoms with van der Waals surface area (Å²) >= 11 is 1.40. The fourth-order valence-electron chi connectivity index (χ4n) is 2.05. The normalized spacial score (nSPS) is 10.9. The van der Waals surface area contributed by atoms with E-state index in [2.05, 4.69) is 15.4 Å². The molecule has 0 aliphatic rings. The van der Waals surface area contributed by atoms with E-state index in [1.165, 1.54) is 21.9 Å². The maximum absolute atomic E-state index is 11.8. The number of anilines is 1. The number of benzene rings is 1. The molecule has 0 bridgehead atoms. The SMILES string of the molecule is Cc1cc(=O)n2nc(CNc3ccc(OCCN)cc3)sc2n1. The molecule has 3 rings (SSSR count). The Hall–Kier alpha value is -2.45. The molecule has 0 saturated carbocycles. The van der Waals surface area contributed by atoms with Gasteiger partial charge in [-0.2, -0.15) is 9.61 Å². The first-order chi connectivity index (χ1) is 11.2. The van der Waals surface area contributed by atoms with Crippen LogP contribution < -0.4 is 21.3 Å². The fraction of sp³-hybridized carbons (Fsp3) is 0.267. The molecule has 0 spiro atoms. The van der Waals surface area contributed by atoms with E-state index in [9.17, 15) is 4.79 Å². The van der Waals surface area contributed by atoms with Gasteiger partial charge in [-0.3, -0.25) is 4.79 Å². The summed E-state index contributed by atoms with van der Waals surface area (Å²) in [7, 11) is 0. The first kappa shape index (κ1) is 15.4. The van der Waals surface area contributed by atoms with Crippen LogP contribution in [-0.4, -0.2) is 27.7 Å². The van der Waals surface area contributed by atoms with Crippen molar-refractivity contribution in [3.8, 4) is 5.75 Å². The van der Waals surface area contributed by atoms with Crippen LogP contribution in [0.4, 0.5) is 5.69 Å². The Morgan fingerprint density at radius 1 is 1.35 bits per heavy atom. The van der Waals surface area contributed by atoms with Gasteiger partial charge in [0.15, 0.2) is 0 Å². The summed E-state index contributed by atoms with van der Waals surface area (Å²) in [4.78, 5) is 16.8. The molecule has 0 unspecified atom stereocenters. The van der Waals surface area contributed by atoms with Crippen LogP contribution >= 0.6 is 11.3 Å². The lowest BCUT2D eigenvalue weighted by atomic mass is 10.3. The highest BCUT2D eigenvalue weighted by Gasteiger charge is 2.07. The number of rotatable bonds is 6. The zero-order valence-corrected chi connectivity index (χ0v) is 13.5. The van der Waals surface area contributed by atoms with E-state index in [0.717, 1.165) is 16.4 Å². The summed E-state index contributed by atoms with van der Waals surface area (Å²) in [5, 5.41) is 8.34. The molecular weight excluding hydrogens is 314 g/mol. The maximum Gasteiger partial charge on any atom is 0.275 e. The molecule has 3 aromatic rings. The molecule has 7 nitrogen and oxygen atoms in total. The van der Waals surface area contributed by atoms with E-state index < -0.39 is 0 Å². The fourth-order valence-corrected chi connectivity index (χ4v) is 2.94. The van der Waals surface area contributed by atoms with Crippen molar-refractivity contribution in [2.24, 2.45) is 5.73 Å². The zero-order chi connectivity index (χ0) is 16.2. The number of ether oxygens (including phenoxy) is 1. The highest BCUT2D eigenvalue weighted by Crippen LogP contribution is 2.17. The van der Waals surface area contributed by atoms with Gasteiger partial charge in [-0.05, 0) is 31.2 Å². The van der Waals surface area contributed by atoms with Gasteiger partial charge in [0.1, 0.15) is 17.4 Å². The molecule has 120 valence electrons. The first-order valence-electron chi connectivity index (χ1n) is 7.19. The highest BCUT2D eigenvalue weighted by molar-refractivity contribution is 7.16. The number of hydrogen-bond donors (Lipinski definition) is 2. The monoisotopic (exact) mass is 331 g/mol. The van der Waals surface area contributed by atoms with Gasteiger partial charge in [0.2, 0.25) is 4.96 Å². The van der Waals surface area contributed by atoms with Crippen molar-refractivity contribution in [1.29, 1.82) is 0 Å². The highest BCUT2D eigenvalue weighted by atomic mass is 32.1. The molecule has 3 N–H and O–H groups in total. The molecule has 0 radical (unpaired) electrons. The number of nitrogens with two attached hydrogens (primary N) is 1. The second kappa shape index (κ2) is 6.76. The van der Waals surface area contributed by atoms with Crippen LogP contribution in [0.25, 0.3) is 4.96 Å². The van der Waals surface area contributed by atoms with E-state index >= 15 is 0 Å². The number of hydrogen-bond acceptors (Lipinski definition) is 7. The Balaban J connectivity index is 1.68. The second-order valence-electron chi connectivity index (χ2n) is 4.94. The summed E-state index contributed by atoms with van der Waals surface area (Å²) in [6, 6.07) is 9.09. The standard InChI is InChI=1S/C15H17N5O2S/c1-10-8-14(21)20-15(18-10)23-13(19-20)9-17-11-2-4-12(5-3-11)22-7-6-16/h2-5,8,17H,6-7,9,16H2,1H3. The average molecular weight is 331 g/mol. The van der Waals surface area contributed by atoms with Crippen molar-refractivity contribution in [3.63, 3.8) is 0 Å². The molecule has 0 atom stereocenters. The Bertz CT molecular complexity index is 856. The molecule has 0 aliphatic heterocycles. The molecule has 2 heterocycles. The third kappa shape index (κ3) is 3.66. The van der Waals surface area contributed by atoms with Crippen molar-refractivity contribution in [1.82, 2.24) is 14.6 Å². The molecule has 0 aliphatic carbocycles. The van der Waals surface area contributed by atoms with Crippen LogP contribution in [0.3, 0.4) is 0 Å². The van der Waals surface area contributed by atoms with Gasteiger partial charge < -0.3 is 15.8 Å². The van der Waals surface area contributed by atoms with Crippen LogP contribution in [0.2, 0.25) is 0 Å². The van der Waals surface area contributed by atoms with Gasteiger partial charge in [-0.25, -0.2) is 4.98 Å². The van der Waals surface area contributed by atoms with Crippen molar-refractivity contribution in [2.75, 3.05) is 18.5 Å². The van der Waals surface area contributed by atoms with Gasteiger partial charge in [0, 0.05) is 24.0 Å². The van der Waals surface area contributed by atoms with Gasteiger partial charge >= 0.3 is 0 Å². The quantitative estimate of drug-likeness (QED) is 0.709. The first-order valence-corrected chi connectivity index (χ1v) is 8.00. The maximum atomic E-state index is 11.8. The van der Waals surface area contributed by atoms with Crippen molar-refractivity contribution < 1.29 is 4.74 Å². The molecular formula is C15H17N5O2S. The van der Waals surface area contributed by atoms with Gasteiger partial charge in [-0.15, -0.1) is 0 Å². The smallest absolute Gasteiger partial charge is 0.275 e. The summed E-state index contributed by atoms with van der Waals surface area (Å²) in [6.45, 7) is 3.31. The van der Waals surface area contributed by atoms with E-state index in [0.29, 0.717) is 30.4 Å². The minimum atomic E-state index is -0.156. The minimum Gasteiger partial charge on any atom is -0.492 e. The van der Waals surface area contributed by atoms with Crippen LogP contribution in [0.15, 0.2) is 35.1 Å². The predicted molar refractivity (Wildman–Crippen MR) is 90.2 cm³/mol. The number of fused-ring (bicyclic) bond motifs is 1. The molecule has 0 amide bonds. The van der Waals surface area contributed by atoms with Crippen molar-refractivity contribution in [3.05, 3.63) is 51.4 Å². The zero-order valence-electron chi connectivity index (χ0n) is 12.7. The third-order valence-corrected chi connectivity index (χ3v) is 4.01. The third-order valence-electron chi connectivity index (χ3n) is 3.10. The number of aryl methyl sites for hydroxylation is 1. The Kier molecular flexibility index (Phi) is 4.54. The largest absolute Gasteiger partial charge is 0.492 e. The summed E-state index contributed by atoms with van der Waals surface area (Å²) in [6.07, 6.45) is 0. The molecule has 0 fully saturated rings. The summed E-state index contributed by atoms with van der Waals surface area (Å²) < 4.78 is 6.76. The molecule has 0 saturated heterocycles. The Labute approximate surface area is 136 Å². The summed E-state index contributed by atoms with van der Waals surface area (Å²) in [5.41, 5.74) is 6.89. The van der Waals surface area contributed by atoms with Crippen LogP contribution in [-0.2, 0) is 6.54 Å². The Morgan fingerprint density at radius 2 is 2.13 bits per heavy atom. The van der Waals surface area contributed by atoms with E-state index in [-0.39, 0.29) is 5.56 Å². The van der Waals surface area contributed by atoms with Gasteiger partial charge in [0.25, 0.3) is 5.56 Å². The van der Waals surface area contributed by atoms with Crippen LogP contribution in [0.1, 0.15) is 10.7 Å². The number of aromatic nitrogens is 3. The van der Waals surface area contributed by atoms with Crippen molar-refractivity contribution >= 4 is 22.0 Å². The van der Waals surface area contributed by atoms with Gasteiger partial charge in [-0.1, -0.05) is 11.3 Å². The number of nitrogens with one attached hydrogen (secondary N) is 1. The van der Waals surface area contributed by atoms with Crippen molar-refractivity contribution in [2.45, 2.75) is 13.5 Å². The molecule has 23 heavy (non-hydrogen) atoms. The van der Waals surface area contributed by atoms with Crippen LogP contribution in [0.5, 0.6) is 5.75 Å². The lowest BCUT2D eigenvalue weighted by Crippen LogP contribution is -2.14. The topological polar surface area (TPSA) is 94.5 Å². The molecule has 8 heteroatoms. The molecule has 1 aromatic carbocycles. The minimum absolute atomic E-state index is 0.156. The van der Waals surface area contributed by atoms with E-state index in [4.69, 9.17) is 10.5 Å². The lowest BCUT2D eigenvalue weighted by Gasteiger charge is -2.07. The second-order valence-corrected chi connectivity index (χ2v) is 5.98. The molecule has 2 aromatic heterocycles. The van der Waals surface area contributed by atoms with E-state index in [1.807, 2.05) is 24.3 Å². The predicted octanol–water partition coefficient (Wildman–Crippen LogP) is 1.41. The Morgan fingerprint density at radius 3 is 2.87 bits per heavy atom. The summed E-state index contributed by atoms with van der Waals surface area (Å²) in [5.74, 6) is 0.784. The lowest BCUT2D eigenvalue weighted by molar-refractivity contribution is 0.328. The van der Waals surface area contributed by atoms with Gasteiger partial charge in [0.05, 0.1) is 6.54 Å². The number of nitrogens with zero attached hydrogens (tertiary/aromatic N) is 3. The van der Waals surface area contributed by atoms with E-state index in [1.54, 1.807) is 6.92 Å². The average Bonchev–Trinajstić information content (AvgIpc) is 2.95.